The molecule has 0 radical (unpaired) electrons. The van der Waals surface area contributed by atoms with Crippen molar-refractivity contribution in [2.24, 2.45) is 0 Å². The largest absolute Gasteiger partial charge is 0.493 e. The Balaban J connectivity index is 2.16. The van der Waals surface area contributed by atoms with Crippen LogP contribution < -0.4 is 11.2 Å². The van der Waals surface area contributed by atoms with Gasteiger partial charge in [-0.3, -0.25) is 4.79 Å². The molecular formula is C10H7F3N4O3. The number of aromatic nitrogens is 2. The molecule has 0 fully saturated rings. The average molecular weight is 288 g/mol. The highest BCUT2D eigenvalue weighted by Gasteiger charge is 2.42. The number of hydroxylamine groups is 1. The van der Waals surface area contributed by atoms with Crippen LogP contribution in [0.4, 0.5) is 18.9 Å². The molecule has 2 rings (SSSR count). The van der Waals surface area contributed by atoms with Gasteiger partial charge in [-0.15, -0.1) is 0 Å². The molecule has 106 valence electrons. The molecule has 0 aliphatic rings. The molecule has 7 nitrogen and oxygen atoms in total. The van der Waals surface area contributed by atoms with E-state index in [9.17, 15) is 22.8 Å². The van der Waals surface area contributed by atoms with Gasteiger partial charge >= 0.3 is 12.1 Å². The predicted octanol–water partition coefficient (Wildman–Crippen LogP) is 0.667. The van der Waals surface area contributed by atoms with Gasteiger partial charge < -0.3 is 10.6 Å². The molecule has 0 atom stereocenters. The second-order valence-electron chi connectivity index (χ2n) is 3.67. The lowest BCUT2D eigenvalue weighted by Gasteiger charge is -2.06. The van der Waals surface area contributed by atoms with Crippen LogP contribution in [0.15, 0.2) is 24.5 Å². The fraction of sp³-hybridized carbons (Fsp3) is 0.100. The van der Waals surface area contributed by atoms with E-state index in [0.29, 0.717) is 5.69 Å². The van der Waals surface area contributed by atoms with Crippen LogP contribution in [-0.2, 0) is 9.63 Å². The molecule has 2 aromatic heterocycles. The van der Waals surface area contributed by atoms with Crippen molar-refractivity contribution in [3.05, 3.63) is 30.1 Å². The zero-order chi connectivity index (χ0) is 14.9. The first-order valence-corrected chi connectivity index (χ1v) is 5.10. The molecule has 2 heterocycles. The summed E-state index contributed by atoms with van der Waals surface area (Å²) >= 11 is 0. The zero-order valence-electron chi connectivity index (χ0n) is 9.64. The summed E-state index contributed by atoms with van der Waals surface area (Å²) in [6.45, 7) is 0. The number of halogens is 3. The number of nitrogens with two attached hydrogens (primary N) is 1. The lowest BCUT2D eigenvalue weighted by atomic mass is 10.2. The van der Waals surface area contributed by atoms with Gasteiger partial charge in [0, 0.05) is 11.9 Å². The fourth-order valence-corrected chi connectivity index (χ4v) is 1.38. The third-order valence-electron chi connectivity index (χ3n) is 2.26. The van der Waals surface area contributed by atoms with Crippen molar-refractivity contribution in [2.45, 2.75) is 6.18 Å². The van der Waals surface area contributed by atoms with Crippen molar-refractivity contribution in [3.8, 4) is 0 Å². The first-order chi connectivity index (χ1) is 9.29. The number of fused-ring (bicyclic) bond motifs is 1. The van der Waals surface area contributed by atoms with Crippen LogP contribution >= 0.6 is 0 Å². The van der Waals surface area contributed by atoms with Crippen LogP contribution in [0, 0.1) is 0 Å². The summed E-state index contributed by atoms with van der Waals surface area (Å²) in [5, 5.41) is 3.79. The quantitative estimate of drug-likeness (QED) is 0.751. The number of carbonyl (C=O) groups is 2. The maximum Gasteiger partial charge on any atom is 0.493 e. The van der Waals surface area contributed by atoms with Crippen LogP contribution in [0.1, 0.15) is 10.4 Å². The molecule has 0 unspecified atom stereocenters. The second-order valence-corrected chi connectivity index (χ2v) is 3.67. The Morgan fingerprint density at radius 3 is 2.75 bits per heavy atom. The first-order valence-electron chi connectivity index (χ1n) is 5.10. The van der Waals surface area contributed by atoms with Gasteiger partial charge in [0.25, 0.3) is 5.91 Å². The summed E-state index contributed by atoms with van der Waals surface area (Å²) in [5.41, 5.74) is 7.42. The number of nitrogens with zero attached hydrogens (tertiary/aromatic N) is 2. The Labute approximate surface area is 109 Å². The summed E-state index contributed by atoms with van der Waals surface area (Å²) < 4.78 is 37.0. The number of alkyl halides is 3. The molecule has 0 spiro atoms. The standard InChI is InChI=1S/C10H7F3N4O3/c11-10(12,13)9(19)20-16-8(18)6-4-15-17-2-1-5(14)3-7(6)17/h1-4H,14H2,(H,16,18). The normalized spacial score (nSPS) is 11.3. The lowest BCUT2D eigenvalue weighted by Crippen LogP contribution is -2.34. The van der Waals surface area contributed by atoms with Crippen molar-refractivity contribution in [3.63, 3.8) is 0 Å². The number of hydrogen-bond acceptors (Lipinski definition) is 5. The maximum atomic E-state index is 11.9. The van der Waals surface area contributed by atoms with Crippen molar-refractivity contribution in [2.75, 3.05) is 5.73 Å². The number of anilines is 1. The zero-order valence-corrected chi connectivity index (χ0v) is 9.64. The van der Waals surface area contributed by atoms with Gasteiger partial charge in [-0.2, -0.15) is 23.8 Å². The molecule has 0 saturated carbocycles. The van der Waals surface area contributed by atoms with Gasteiger partial charge in [0.2, 0.25) is 0 Å². The number of nitrogens with one attached hydrogen (secondary N) is 1. The number of carbonyl (C=O) groups excluding carboxylic acids is 2. The molecule has 0 saturated heterocycles. The third kappa shape index (κ3) is 2.63. The number of pyridine rings is 1. The van der Waals surface area contributed by atoms with Crippen LogP contribution in [0.3, 0.4) is 0 Å². The number of nitrogen functional groups attached to an aromatic ring is 1. The Hall–Kier alpha value is -2.78. The summed E-state index contributed by atoms with van der Waals surface area (Å²) in [6.07, 6.45) is -2.63. The summed E-state index contributed by atoms with van der Waals surface area (Å²) in [6, 6.07) is 2.92. The molecule has 10 heteroatoms. The highest BCUT2D eigenvalue weighted by atomic mass is 19.4. The van der Waals surface area contributed by atoms with Crippen molar-refractivity contribution >= 4 is 23.1 Å². The average Bonchev–Trinajstić information content (AvgIpc) is 2.77. The molecule has 0 aliphatic carbocycles. The summed E-state index contributed by atoms with van der Waals surface area (Å²) in [5.74, 6) is -3.58. The van der Waals surface area contributed by atoms with E-state index in [1.165, 1.54) is 28.3 Å². The van der Waals surface area contributed by atoms with E-state index < -0.39 is 18.1 Å². The van der Waals surface area contributed by atoms with E-state index in [-0.39, 0.29) is 11.1 Å². The van der Waals surface area contributed by atoms with Crippen molar-refractivity contribution in [1.29, 1.82) is 0 Å². The predicted molar refractivity (Wildman–Crippen MR) is 59.2 cm³/mol. The minimum absolute atomic E-state index is 0.0905. The van der Waals surface area contributed by atoms with Gasteiger partial charge in [-0.25, -0.2) is 9.31 Å². The van der Waals surface area contributed by atoms with Gasteiger partial charge in [-0.1, -0.05) is 0 Å². The van der Waals surface area contributed by atoms with Gasteiger partial charge in [-0.05, 0) is 12.1 Å². The van der Waals surface area contributed by atoms with Crippen molar-refractivity contribution in [1.82, 2.24) is 15.1 Å². The number of rotatable bonds is 1. The Morgan fingerprint density at radius 1 is 1.40 bits per heavy atom. The van der Waals surface area contributed by atoms with E-state index >= 15 is 0 Å². The minimum atomic E-state index is -5.20. The van der Waals surface area contributed by atoms with Crippen LogP contribution in [-0.4, -0.2) is 27.7 Å². The number of hydrogen-bond donors (Lipinski definition) is 2. The van der Waals surface area contributed by atoms with Gasteiger partial charge in [0.15, 0.2) is 0 Å². The monoisotopic (exact) mass is 288 g/mol. The van der Waals surface area contributed by atoms with E-state index in [1.807, 2.05) is 0 Å². The maximum absolute atomic E-state index is 11.9. The topological polar surface area (TPSA) is 98.7 Å². The van der Waals surface area contributed by atoms with Crippen LogP contribution in [0.5, 0.6) is 0 Å². The Kier molecular flexibility index (Phi) is 3.22. The van der Waals surface area contributed by atoms with E-state index in [1.54, 1.807) is 0 Å². The fourth-order valence-electron chi connectivity index (χ4n) is 1.38. The van der Waals surface area contributed by atoms with Gasteiger partial charge in [0.1, 0.15) is 0 Å². The van der Waals surface area contributed by atoms with E-state index in [4.69, 9.17) is 5.73 Å². The van der Waals surface area contributed by atoms with Crippen LogP contribution in [0.25, 0.3) is 5.52 Å². The molecular weight excluding hydrogens is 281 g/mol. The lowest BCUT2D eigenvalue weighted by molar-refractivity contribution is -0.204. The highest BCUT2D eigenvalue weighted by Crippen LogP contribution is 2.16. The first kappa shape index (κ1) is 13.6. The van der Waals surface area contributed by atoms with E-state index in [0.717, 1.165) is 6.20 Å². The molecule has 3 N–H and O–H groups in total. The Morgan fingerprint density at radius 2 is 2.10 bits per heavy atom. The summed E-state index contributed by atoms with van der Waals surface area (Å²) in [7, 11) is 0. The molecule has 1 amide bonds. The van der Waals surface area contributed by atoms with Crippen LogP contribution in [0.2, 0.25) is 0 Å². The number of amides is 1. The van der Waals surface area contributed by atoms with Crippen molar-refractivity contribution < 1.29 is 27.6 Å². The van der Waals surface area contributed by atoms with Gasteiger partial charge in [0.05, 0.1) is 17.3 Å². The SMILES string of the molecule is Nc1ccn2ncc(C(=O)NOC(=O)C(F)(F)F)c2c1. The minimum Gasteiger partial charge on any atom is -0.399 e. The highest BCUT2D eigenvalue weighted by molar-refractivity contribution is 6.00. The Bertz CT molecular complexity index is 680. The molecule has 0 bridgehead atoms. The second kappa shape index (κ2) is 4.72. The third-order valence-corrected chi connectivity index (χ3v) is 2.26. The molecule has 0 aromatic carbocycles. The molecule has 20 heavy (non-hydrogen) atoms. The smallest absolute Gasteiger partial charge is 0.399 e. The van der Waals surface area contributed by atoms with E-state index in [2.05, 4.69) is 9.94 Å². The summed E-state index contributed by atoms with van der Waals surface area (Å²) in [4.78, 5) is 25.7. The molecule has 0 aliphatic heterocycles. The molecule has 2 aromatic rings.